The molecular weight excluding hydrogens is 373 g/mol. The zero-order valence-electron chi connectivity index (χ0n) is 14.3. The number of pyridine rings is 1. The molecule has 8 heteroatoms. The van der Waals surface area contributed by atoms with E-state index in [9.17, 15) is 4.79 Å². The highest BCUT2D eigenvalue weighted by molar-refractivity contribution is 6.44. The fourth-order valence-corrected chi connectivity index (χ4v) is 3.27. The first-order valence-electron chi connectivity index (χ1n) is 8.38. The summed E-state index contributed by atoms with van der Waals surface area (Å²) in [6.07, 6.45) is 4.38. The zero-order chi connectivity index (χ0) is 18.7. The van der Waals surface area contributed by atoms with Crippen molar-refractivity contribution in [3.8, 4) is 0 Å². The lowest BCUT2D eigenvalue weighted by Crippen LogP contribution is -2.18. The van der Waals surface area contributed by atoms with E-state index in [4.69, 9.17) is 23.2 Å². The third-order valence-electron chi connectivity index (χ3n) is 4.49. The summed E-state index contributed by atoms with van der Waals surface area (Å²) in [5.74, 6) is 1.32. The van der Waals surface area contributed by atoms with Crippen LogP contribution in [0.1, 0.15) is 6.42 Å². The molecule has 2 aromatic rings. The van der Waals surface area contributed by atoms with Crippen LogP contribution >= 0.6 is 23.2 Å². The average Bonchev–Trinajstić information content (AvgIpc) is 3.24. The number of aromatic amines is 1. The summed E-state index contributed by atoms with van der Waals surface area (Å²) >= 11 is 12.1. The summed E-state index contributed by atoms with van der Waals surface area (Å²) in [5, 5.41) is 7.20. The number of hydrogen-bond acceptors (Lipinski definition) is 4. The molecule has 26 heavy (non-hydrogen) atoms. The first-order chi connectivity index (χ1) is 12.5. The molecule has 0 radical (unpaired) electrons. The van der Waals surface area contributed by atoms with Crippen LogP contribution in [0.5, 0.6) is 0 Å². The number of rotatable bonds is 7. The molecule has 138 valence electrons. The standard InChI is InChI=1S/C18H21Cl2N5O/c1-3-13(17(20)11(2)19)10-25-15-6-16(22-8-12-4-5-21-7-12)23-9-14(15)24-18(25)26/h3,6,9,12,21H,1-2,4-5,7-8,10H2,(H,22,23)(H,24,26)/b17-13-/t12-/m1/s1. The molecule has 0 saturated carbocycles. The van der Waals surface area contributed by atoms with Crippen LogP contribution in [0, 0.1) is 5.92 Å². The molecule has 1 aliphatic rings. The first-order valence-corrected chi connectivity index (χ1v) is 9.14. The minimum atomic E-state index is -0.247. The van der Waals surface area contributed by atoms with Crippen LogP contribution in [0.15, 0.2) is 51.9 Å². The summed E-state index contributed by atoms with van der Waals surface area (Å²) < 4.78 is 1.58. The maximum Gasteiger partial charge on any atom is 0.326 e. The van der Waals surface area contributed by atoms with E-state index in [1.165, 1.54) is 0 Å². The van der Waals surface area contributed by atoms with Gasteiger partial charge in [0.05, 0.1) is 33.8 Å². The van der Waals surface area contributed by atoms with Gasteiger partial charge in [-0.1, -0.05) is 42.4 Å². The highest BCUT2D eigenvalue weighted by Crippen LogP contribution is 2.24. The van der Waals surface area contributed by atoms with Crippen molar-refractivity contribution in [1.29, 1.82) is 0 Å². The lowest BCUT2D eigenvalue weighted by molar-refractivity contribution is 0.614. The second-order valence-electron chi connectivity index (χ2n) is 6.29. The monoisotopic (exact) mass is 393 g/mol. The van der Waals surface area contributed by atoms with Crippen LogP contribution in [-0.2, 0) is 6.54 Å². The lowest BCUT2D eigenvalue weighted by atomic mass is 10.1. The second-order valence-corrected chi connectivity index (χ2v) is 7.13. The van der Waals surface area contributed by atoms with Gasteiger partial charge in [0.1, 0.15) is 5.82 Å². The first kappa shape index (κ1) is 18.8. The second kappa shape index (κ2) is 8.12. The van der Waals surface area contributed by atoms with Gasteiger partial charge < -0.3 is 15.6 Å². The van der Waals surface area contributed by atoms with E-state index in [2.05, 4.69) is 33.8 Å². The normalized spacial score (nSPS) is 18.0. The van der Waals surface area contributed by atoms with Gasteiger partial charge in [-0.3, -0.25) is 4.57 Å². The van der Waals surface area contributed by atoms with Crippen molar-refractivity contribution in [1.82, 2.24) is 19.9 Å². The Labute approximate surface area is 161 Å². The molecule has 1 fully saturated rings. The SMILES string of the molecule is C=C/C(Cn1c(=O)[nH]c2cnc(NC[C@@H]3CCNC3)cc21)=C(/Cl)C(=C)Cl. The van der Waals surface area contributed by atoms with E-state index in [0.717, 1.165) is 37.4 Å². The number of hydrogen-bond donors (Lipinski definition) is 3. The molecule has 0 spiro atoms. The van der Waals surface area contributed by atoms with Crippen LogP contribution < -0.4 is 16.3 Å². The van der Waals surface area contributed by atoms with Crippen molar-refractivity contribution in [3.05, 3.63) is 57.6 Å². The minimum Gasteiger partial charge on any atom is -0.370 e. The van der Waals surface area contributed by atoms with Gasteiger partial charge in [0, 0.05) is 12.6 Å². The predicted octanol–water partition coefficient (Wildman–Crippen LogP) is 3.18. The number of halogens is 2. The fourth-order valence-electron chi connectivity index (χ4n) is 3.02. The van der Waals surface area contributed by atoms with Crippen LogP contribution in [0.25, 0.3) is 11.0 Å². The Morgan fingerprint density at radius 2 is 2.31 bits per heavy atom. The molecule has 3 heterocycles. The maximum atomic E-state index is 12.4. The number of fused-ring (bicyclic) bond motifs is 1. The summed E-state index contributed by atoms with van der Waals surface area (Å²) in [6.45, 7) is 10.5. The molecule has 0 amide bonds. The van der Waals surface area contributed by atoms with Crippen molar-refractivity contribution in [3.63, 3.8) is 0 Å². The number of allylic oxidation sites excluding steroid dienone is 4. The molecule has 1 aliphatic heterocycles. The van der Waals surface area contributed by atoms with Gasteiger partial charge in [-0.2, -0.15) is 0 Å². The van der Waals surface area contributed by atoms with E-state index in [-0.39, 0.29) is 17.3 Å². The van der Waals surface area contributed by atoms with E-state index in [1.807, 2.05) is 6.07 Å². The van der Waals surface area contributed by atoms with Crippen molar-refractivity contribution in [2.24, 2.45) is 5.92 Å². The Morgan fingerprint density at radius 1 is 1.50 bits per heavy atom. The molecule has 0 aromatic carbocycles. The number of nitrogens with zero attached hydrogens (tertiary/aromatic N) is 2. The summed E-state index contributed by atoms with van der Waals surface area (Å²) in [6, 6.07) is 1.86. The molecule has 3 rings (SSSR count). The molecule has 3 N–H and O–H groups in total. The lowest BCUT2D eigenvalue weighted by Gasteiger charge is -2.11. The highest BCUT2D eigenvalue weighted by Gasteiger charge is 2.15. The smallest absolute Gasteiger partial charge is 0.326 e. The molecular formula is C18H21Cl2N5O. The molecule has 1 saturated heterocycles. The zero-order valence-corrected chi connectivity index (χ0v) is 15.8. The van der Waals surface area contributed by atoms with Gasteiger partial charge in [-0.05, 0) is 31.0 Å². The number of imidazole rings is 1. The van der Waals surface area contributed by atoms with E-state index >= 15 is 0 Å². The van der Waals surface area contributed by atoms with Crippen molar-refractivity contribution in [2.45, 2.75) is 13.0 Å². The number of aromatic nitrogens is 3. The van der Waals surface area contributed by atoms with Crippen LogP contribution in [-0.4, -0.2) is 34.2 Å². The van der Waals surface area contributed by atoms with Gasteiger partial charge >= 0.3 is 5.69 Å². The highest BCUT2D eigenvalue weighted by atomic mass is 35.5. The van der Waals surface area contributed by atoms with Crippen LogP contribution in [0.4, 0.5) is 5.82 Å². The minimum absolute atomic E-state index is 0.212. The molecule has 0 aliphatic carbocycles. The maximum absolute atomic E-state index is 12.4. The van der Waals surface area contributed by atoms with Gasteiger partial charge in [0.15, 0.2) is 0 Å². The van der Waals surface area contributed by atoms with Crippen LogP contribution in [0.2, 0.25) is 0 Å². The number of anilines is 1. The fraction of sp³-hybridized carbons (Fsp3) is 0.333. The van der Waals surface area contributed by atoms with E-state index < -0.39 is 0 Å². The van der Waals surface area contributed by atoms with Crippen molar-refractivity contribution in [2.75, 3.05) is 25.0 Å². The Hall–Kier alpha value is -2.02. The molecule has 2 aromatic heterocycles. The van der Waals surface area contributed by atoms with Crippen molar-refractivity contribution < 1.29 is 0 Å². The predicted molar refractivity (Wildman–Crippen MR) is 108 cm³/mol. The van der Waals surface area contributed by atoms with Gasteiger partial charge in [-0.15, -0.1) is 0 Å². The van der Waals surface area contributed by atoms with Gasteiger partial charge in [0.25, 0.3) is 0 Å². The third-order valence-corrected chi connectivity index (χ3v) is 5.25. The average molecular weight is 394 g/mol. The summed E-state index contributed by atoms with van der Waals surface area (Å²) in [4.78, 5) is 19.5. The molecule has 6 nitrogen and oxygen atoms in total. The molecule has 0 unspecified atom stereocenters. The topological polar surface area (TPSA) is 74.7 Å². The summed E-state index contributed by atoms with van der Waals surface area (Å²) in [7, 11) is 0. The molecule has 0 bridgehead atoms. The largest absolute Gasteiger partial charge is 0.370 e. The van der Waals surface area contributed by atoms with Crippen LogP contribution in [0.3, 0.4) is 0 Å². The Balaban J connectivity index is 1.89. The number of nitrogens with one attached hydrogen (secondary N) is 3. The quantitative estimate of drug-likeness (QED) is 0.631. The van der Waals surface area contributed by atoms with E-state index in [0.29, 0.717) is 22.0 Å². The van der Waals surface area contributed by atoms with Gasteiger partial charge in [-0.25, -0.2) is 9.78 Å². The summed E-state index contributed by atoms with van der Waals surface area (Å²) in [5.41, 5.74) is 1.77. The van der Waals surface area contributed by atoms with E-state index in [1.54, 1.807) is 16.8 Å². The third kappa shape index (κ3) is 4.03. The molecule has 1 atom stereocenters. The Morgan fingerprint density at radius 3 is 2.96 bits per heavy atom. The Kier molecular flexibility index (Phi) is 5.86. The number of H-pyrrole nitrogens is 1. The van der Waals surface area contributed by atoms with Crippen molar-refractivity contribution >= 4 is 40.1 Å². The van der Waals surface area contributed by atoms with Gasteiger partial charge in [0.2, 0.25) is 0 Å². The Bertz CT molecular complexity index is 921.